The van der Waals surface area contributed by atoms with Crippen LogP contribution < -0.4 is 9.62 Å². The molecule has 0 radical (unpaired) electrons. The zero-order valence-electron chi connectivity index (χ0n) is 14.0. The van der Waals surface area contributed by atoms with Gasteiger partial charge in [-0.3, -0.25) is 9.10 Å². The fourth-order valence-corrected chi connectivity index (χ4v) is 5.22. The van der Waals surface area contributed by atoms with Gasteiger partial charge >= 0.3 is 0 Å². The number of unbranched alkanes of at least 4 members (excludes halogenated alkanes) is 1. The first kappa shape index (κ1) is 17.9. The number of carbonyl (C=O) groups excluding carboxylic acids is 1. The van der Waals surface area contributed by atoms with E-state index in [9.17, 15) is 13.2 Å². The fraction of sp³-hybridized carbons (Fsp3) is 0.389. The molecule has 0 atom stereocenters. The van der Waals surface area contributed by atoms with Crippen molar-refractivity contribution in [3.8, 4) is 0 Å². The van der Waals surface area contributed by atoms with Gasteiger partial charge in [0.2, 0.25) is 15.9 Å². The van der Waals surface area contributed by atoms with E-state index in [2.05, 4.69) is 16.8 Å². The van der Waals surface area contributed by atoms with Crippen LogP contribution in [0.5, 0.6) is 0 Å². The van der Waals surface area contributed by atoms with Crippen molar-refractivity contribution in [1.82, 2.24) is 0 Å². The number of aryl methyl sites for hydroxylation is 1. The van der Waals surface area contributed by atoms with Crippen molar-refractivity contribution >= 4 is 38.6 Å². The van der Waals surface area contributed by atoms with Gasteiger partial charge < -0.3 is 5.32 Å². The second-order valence-electron chi connectivity index (χ2n) is 6.12. The Bertz CT molecular complexity index is 799. The Morgan fingerprint density at radius 1 is 1.16 bits per heavy atom. The van der Waals surface area contributed by atoms with Crippen LogP contribution in [0, 0.1) is 0 Å². The Kier molecular flexibility index (Phi) is 5.75. The summed E-state index contributed by atoms with van der Waals surface area (Å²) in [6.07, 6.45) is 4.03. The van der Waals surface area contributed by atoms with Gasteiger partial charge in [-0.15, -0.1) is 11.3 Å². The number of hydrogen-bond acceptors (Lipinski definition) is 4. The van der Waals surface area contributed by atoms with E-state index in [1.807, 2.05) is 6.07 Å². The molecule has 2 aromatic rings. The summed E-state index contributed by atoms with van der Waals surface area (Å²) in [5, 5.41) is 4.94. The van der Waals surface area contributed by atoms with Crippen molar-refractivity contribution in [1.29, 1.82) is 0 Å². The fourth-order valence-electron chi connectivity index (χ4n) is 2.90. The van der Waals surface area contributed by atoms with Crippen molar-refractivity contribution in [2.24, 2.45) is 0 Å². The Morgan fingerprint density at radius 3 is 2.60 bits per heavy atom. The van der Waals surface area contributed by atoms with Crippen LogP contribution in [0.15, 0.2) is 41.8 Å². The summed E-state index contributed by atoms with van der Waals surface area (Å²) in [6, 6.07) is 11.2. The highest BCUT2D eigenvalue weighted by molar-refractivity contribution is 7.93. The predicted octanol–water partition coefficient (Wildman–Crippen LogP) is 3.64. The molecule has 0 saturated carbocycles. The number of nitrogens with zero attached hydrogens (tertiary/aromatic N) is 1. The minimum Gasteiger partial charge on any atom is -0.326 e. The zero-order chi connectivity index (χ0) is 17.7. The van der Waals surface area contributed by atoms with Crippen LogP contribution >= 0.6 is 11.3 Å². The minimum absolute atomic E-state index is 0.00674. The van der Waals surface area contributed by atoms with E-state index >= 15 is 0 Å². The first-order valence-corrected chi connectivity index (χ1v) is 11.0. The maximum Gasteiger partial charge on any atom is 0.235 e. The molecule has 1 aliphatic heterocycles. The van der Waals surface area contributed by atoms with Gasteiger partial charge in [0.15, 0.2) is 0 Å². The number of benzene rings is 1. The highest BCUT2D eigenvalue weighted by Gasteiger charge is 2.28. The average Bonchev–Trinajstić information content (AvgIpc) is 3.21. The maximum atomic E-state index is 12.0. The topological polar surface area (TPSA) is 66.5 Å². The van der Waals surface area contributed by atoms with E-state index in [-0.39, 0.29) is 11.7 Å². The van der Waals surface area contributed by atoms with Crippen molar-refractivity contribution in [2.75, 3.05) is 21.9 Å². The van der Waals surface area contributed by atoms with Crippen LogP contribution in [0.3, 0.4) is 0 Å². The van der Waals surface area contributed by atoms with Crippen LogP contribution in [0.4, 0.5) is 11.4 Å². The summed E-state index contributed by atoms with van der Waals surface area (Å²) >= 11 is 1.75. The molecule has 2 heterocycles. The van der Waals surface area contributed by atoms with Crippen LogP contribution in [0.1, 0.15) is 30.6 Å². The molecule has 1 fully saturated rings. The molecule has 1 N–H and O–H groups in total. The highest BCUT2D eigenvalue weighted by atomic mass is 32.2. The first-order chi connectivity index (χ1) is 12.0. The molecule has 0 bridgehead atoms. The van der Waals surface area contributed by atoms with Gasteiger partial charge in [0.25, 0.3) is 0 Å². The number of sulfonamides is 1. The molecule has 0 unspecified atom stereocenters. The Balaban J connectivity index is 1.45. The third kappa shape index (κ3) is 4.83. The molecule has 134 valence electrons. The van der Waals surface area contributed by atoms with Crippen LogP contribution in [-0.2, 0) is 21.2 Å². The number of anilines is 2. The van der Waals surface area contributed by atoms with E-state index in [1.54, 1.807) is 35.6 Å². The highest BCUT2D eigenvalue weighted by Crippen LogP contribution is 2.25. The molecule has 1 aromatic carbocycles. The number of carbonyl (C=O) groups is 1. The van der Waals surface area contributed by atoms with E-state index in [0.717, 1.165) is 19.3 Å². The summed E-state index contributed by atoms with van der Waals surface area (Å²) in [5.41, 5.74) is 1.36. The summed E-state index contributed by atoms with van der Waals surface area (Å²) in [7, 11) is -3.16. The molecule has 1 aliphatic rings. The van der Waals surface area contributed by atoms with E-state index in [1.165, 1.54) is 9.18 Å². The summed E-state index contributed by atoms with van der Waals surface area (Å²) in [6.45, 7) is 0.526. The van der Waals surface area contributed by atoms with Crippen LogP contribution in [0.25, 0.3) is 0 Å². The van der Waals surface area contributed by atoms with Gasteiger partial charge in [-0.2, -0.15) is 0 Å². The number of amides is 1. The minimum atomic E-state index is -3.16. The summed E-state index contributed by atoms with van der Waals surface area (Å²) < 4.78 is 25.3. The van der Waals surface area contributed by atoms with E-state index in [4.69, 9.17) is 0 Å². The number of nitrogens with one attached hydrogen (secondary N) is 1. The molecule has 7 heteroatoms. The molecule has 0 aliphatic carbocycles. The van der Waals surface area contributed by atoms with Gasteiger partial charge in [-0.05, 0) is 61.4 Å². The largest absolute Gasteiger partial charge is 0.326 e. The van der Waals surface area contributed by atoms with Gasteiger partial charge in [0.05, 0.1) is 11.4 Å². The number of hydrogen-bond donors (Lipinski definition) is 1. The lowest BCUT2D eigenvalue weighted by molar-refractivity contribution is -0.116. The van der Waals surface area contributed by atoms with Gasteiger partial charge in [0, 0.05) is 23.5 Å². The van der Waals surface area contributed by atoms with E-state index in [0.29, 0.717) is 30.8 Å². The second-order valence-corrected chi connectivity index (χ2v) is 9.17. The monoisotopic (exact) mass is 378 g/mol. The van der Waals surface area contributed by atoms with Crippen molar-refractivity contribution < 1.29 is 13.2 Å². The molecule has 5 nitrogen and oxygen atoms in total. The quantitative estimate of drug-likeness (QED) is 0.748. The number of rotatable bonds is 7. The first-order valence-electron chi connectivity index (χ1n) is 8.47. The van der Waals surface area contributed by atoms with Crippen molar-refractivity contribution in [3.05, 3.63) is 46.7 Å². The lowest BCUT2D eigenvalue weighted by Gasteiger charge is -2.17. The standard InChI is InChI=1S/C18H22N2O3S2/c21-18(7-2-1-5-17-6-3-13-24-17)19-15-8-10-16(11-9-15)20-12-4-14-25(20,22)23/h3,6,8-11,13H,1-2,4-5,7,12,14H2,(H,19,21). The van der Waals surface area contributed by atoms with E-state index < -0.39 is 10.0 Å². The van der Waals surface area contributed by atoms with Gasteiger partial charge in [-0.1, -0.05) is 6.07 Å². The van der Waals surface area contributed by atoms with Crippen LogP contribution in [0.2, 0.25) is 0 Å². The Morgan fingerprint density at radius 2 is 1.96 bits per heavy atom. The molecule has 3 rings (SSSR count). The predicted molar refractivity (Wildman–Crippen MR) is 103 cm³/mol. The second kappa shape index (κ2) is 8.01. The molecular formula is C18H22N2O3S2. The zero-order valence-corrected chi connectivity index (χ0v) is 15.6. The number of thiophene rings is 1. The molecule has 1 amide bonds. The maximum absolute atomic E-state index is 12.0. The summed E-state index contributed by atoms with van der Waals surface area (Å²) in [4.78, 5) is 13.4. The lowest BCUT2D eigenvalue weighted by atomic mass is 10.1. The van der Waals surface area contributed by atoms with Crippen LogP contribution in [-0.4, -0.2) is 26.6 Å². The average molecular weight is 379 g/mol. The molecule has 0 spiro atoms. The Labute approximate surface area is 152 Å². The normalized spacial score (nSPS) is 16.1. The van der Waals surface area contributed by atoms with Gasteiger partial charge in [0.1, 0.15) is 0 Å². The van der Waals surface area contributed by atoms with Crippen molar-refractivity contribution in [3.63, 3.8) is 0 Å². The molecule has 1 saturated heterocycles. The van der Waals surface area contributed by atoms with Crippen molar-refractivity contribution in [2.45, 2.75) is 32.1 Å². The Hall–Kier alpha value is -1.86. The SMILES string of the molecule is O=C(CCCCc1cccs1)Nc1ccc(N2CCCS2(=O)=O)cc1. The van der Waals surface area contributed by atoms with Gasteiger partial charge in [-0.25, -0.2) is 8.42 Å². The molecule has 25 heavy (non-hydrogen) atoms. The lowest BCUT2D eigenvalue weighted by Crippen LogP contribution is -2.24. The third-order valence-corrected chi connectivity index (χ3v) is 7.00. The molecular weight excluding hydrogens is 356 g/mol. The smallest absolute Gasteiger partial charge is 0.235 e. The molecule has 1 aromatic heterocycles. The summed E-state index contributed by atoms with van der Waals surface area (Å²) in [5.74, 6) is 0.199. The third-order valence-electron chi connectivity index (χ3n) is 4.20.